The lowest BCUT2D eigenvalue weighted by molar-refractivity contribution is 0.0995. The van der Waals surface area contributed by atoms with Crippen LogP contribution >= 0.6 is 0 Å². The molecule has 8 nitrogen and oxygen atoms in total. The fourth-order valence-electron chi connectivity index (χ4n) is 3.70. The van der Waals surface area contributed by atoms with Crippen LogP contribution < -0.4 is 15.4 Å². The Morgan fingerprint density at radius 2 is 2.00 bits per heavy atom. The second-order valence-electron chi connectivity index (χ2n) is 10.4. The maximum Gasteiger partial charge on any atom is 0.268 e. The fraction of sp³-hybridized carbons (Fsp3) is 0.600. The van der Waals surface area contributed by atoms with Crippen molar-refractivity contribution in [1.29, 1.82) is 0 Å². The fourth-order valence-corrected chi connectivity index (χ4v) is 5.08. The molecule has 0 spiro atoms. The SMILES string of the molecule is CC(C)(C)[Si](C)(C)OC(CCCOc1cccc(N2CCOCC2)c1)Cn1cnc(C(N)=O)c1. The average Bonchev–Trinajstić information content (AvgIpc) is 3.25. The molecule has 1 aliphatic heterocycles. The van der Waals surface area contributed by atoms with Crippen LogP contribution in [0, 0.1) is 0 Å². The molecule has 1 aromatic heterocycles. The third-order valence-electron chi connectivity index (χ3n) is 6.70. The summed E-state index contributed by atoms with van der Waals surface area (Å²) in [7, 11) is -1.97. The smallest absolute Gasteiger partial charge is 0.268 e. The summed E-state index contributed by atoms with van der Waals surface area (Å²) in [5.41, 5.74) is 6.81. The van der Waals surface area contributed by atoms with E-state index in [-0.39, 0.29) is 16.8 Å². The number of carbonyl (C=O) groups is 1. The summed E-state index contributed by atoms with van der Waals surface area (Å²) >= 11 is 0. The van der Waals surface area contributed by atoms with E-state index in [1.165, 1.54) is 5.69 Å². The Morgan fingerprint density at radius 1 is 1.26 bits per heavy atom. The molecule has 3 rings (SSSR count). The molecule has 0 radical (unpaired) electrons. The molecule has 0 saturated carbocycles. The van der Waals surface area contributed by atoms with Crippen LogP contribution in [-0.4, -0.2) is 62.8 Å². The first kappa shape index (κ1) is 26.2. The standard InChI is InChI=1S/C25H40N4O4Si/c1-25(2,3)34(4,5)33-22(17-28-18-23(24(26)30)27-19-28)10-7-13-32-21-9-6-8-20(16-21)29-11-14-31-15-12-29/h6,8-9,16,18-19,22H,7,10-15,17H2,1-5H3,(H2,26,30). The Balaban J connectivity index is 1.58. The van der Waals surface area contributed by atoms with Crippen molar-refractivity contribution in [2.45, 2.75) is 64.4 Å². The van der Waals surface area contributed by atoms with Crippen LogP contribution in [0.3, 0.4) is 0 Å². The largest absolute Gasteiger partial charge is 0.494 e. The topological polar surface area (TPSA) is 91.8 Å². The number of morpholine rings is 1. The summed E-state index contributed by atoms with van der Waals surface area (Å²) < 4.78 is 20.2. The van der Waals surface area contributed by atoms with Gasteiger partial charge in [-0.1, -0.05) is 26.8 Å². The van der Waals surface area contributed by atoms with Gasteiger partial charge < -0.3 is 29.1 Å². The third-order valence-corrected chi connectivity index (χ3v) is 11.2. The van der Waals surface area contributed by atoms with E-state index in [2.05, 4.69) is 55.9 Å². The minimum Gasteiger partial charge on any atom is -0.494 e. The van der Waals surface area contributed by atoms with Crippen molar-refractivity contribution in [2.24, 2.45) is 5.73 Å². The molecule has 188 valence electrons. The lowest BCUT2D eigenvalue weighted by Crippen LogP contribution is -2.45. The van der Waals surface area contributed by atoms with Gasteiger partial charge in [0.05, 0.1) is 32.3 Å². The van der Waals surface area contributed by atoms with Crippen LogP contribution in [0.25, 0.3) is 0 Å². The van der Waals surface area contributed by atoms with Gasteiger partial charge in [-0.2, -0.15) is 0 Å². The average molecular weight is 489 g/mol. The normalized spacial score (nSPS) is 15.9. The van der Waals surface area contributed by atoms with Crippen molar-refractivity contribution >= 4 is 19.9 Å². The summed E-state index contributed by atoms with van der Waals surface area (Å²) in [5, 5.41) is 0.106. The van der Waals surface area contributed by atoms with Crippen LogP contribution in [0.2, 0.25) is 18.1 Å². The molecule has 1 unspecified atom stereocenters. The van der Waals surface area contributed by atoms with E-state index in [1.807, 2.05) is 16.7 Å². The van der Waals surface area contributed by atoms with Crippen molar-refractivity contribution in [3.8, 4) is 5.75 Å². The number of imidazole rings is 1. The van der Waals surface area contributed by atoms with Crippen LogP contribution in [-0.2, 0) is 15.7 Å². The van der Waals surface area contributed by atoms with Gasteiger partial charge >= 0.3 is 0 Å². The summed E-state index contributed by atoms with van der Waals surface area (Å²) in [6.45, 7) is 15.8. The number of nitrogens with two attached hydrogens (primary N) is 1. The van der Waals surface area contributed by atoms with E-state index in [0.717, 1.165) is 44.9 Å². The molecule has 0 bridgehead atoms. The summed E-state index contributed by atoms with van der Waals surface area (Å²) in [6, 6.07) is 8.27. The number of ether oxygens (including phenoxy) is 2. The summed E-state index contributed by atoms with van der Waals surface area (Å²) in [5.74, 6) is 0.361. The van der Waals surface area contributed by atoms with Gasteiger partial charge in [-0.3, -0.25) is 4.79 Å². The Labute approximate surface area is 204 Å². The first-order valence-electron chi connectivity index (χ1n) is 12.1. The molecule has 0 aliphatic carbocycles. The lowest BCUT2D eigenvalue weighted by atomic mass is 10.2. The van der Waals surface area contributed by atoms with E-state index in [1.54, 1.807) is 12.5 Å². The highest BCUT2D eigenvalue weighted by Crippen LogP contribution is 2.38. The highest BCUT2D eigenvalue weighted by atomic mass is 28.4. The Morgan fingerprint density at radius 3 is 2.65 bits per heavy atom. The van der Waals surface area contributed by atoms with Crippen LogP contribution in [0.5, 0.6) is 5.75 Å². The quantitative estimate of drug-likeness (QED) is 0.379. The van der Waals surface area contributed by atoms with E-state index >= 15 is 0 Å². The third kappa shape index (κ3) is 7.32. The van der Waals surface area contributed by atoms with E-state index in [4.69, 9.17) is 19.6 Å². The highest BCUT2D eigenvalue weighted by Gasteiger charge is 2.39. The number of rotatable bonds is 11. The molecule has 2 N–H and O–H groups in total. The van der Waals surface area contributed by atoms with Gasteiger partial charge in [-0.05, 0) is 43.1 Å². The van der Waals surface area contributed by atoms with E-state index in [9.17, 15) is 4.79 Å². The molecule has 1 atom stereocenters. The maximum atomic E-state index is 11.4. The van der Waals surface area contributed by atoms with E-state index < -0.39 is 14.2 Å². The molecule has 1 amide bonds. The Kier molecular flexibility index (Phi) is 8.78. The monoisotopic (exact) mass is 488 g/mol. The number of anilines is 1. The zero-order valence-corrected chi connectivity index (χ0v) is 22.3. The molecule has 1 fully saturated rings. The van der Waals surface area contributed by atoms with Gasteiger partial charge in [0.1, 0.15) is 11.4 Å². The van der Waals surface area contributed by atoms with E-state index in [0.29, 0.717) is 13.2 Å². The second-order valence-corrected chi connectivity index (χ2v) is 15.2. The van der Waals surface area contributed by atoms with Gasteiger partial charge in [0.15, 0.2) is 8.32 Å². The summed E-state index contributed by atoms with van der Waals surface area (Å²) in [4.78, 5) is 17.9. The lowest BCUT2D eigenvalue weighted by Gasteiger charge is -2.39. The van der Waals surface area contributed by atoms with Gasteiger partial charge in [0.2, 0.25) is 0 Å². The number of benzene rings is 1. The predicted molar refractivity (Wildman–Crippen MR) is 137 cm³/mol. The highest BCUT2D eigenvalue weighted by molar-refractivity contribution is 6.74. The predicted octanol–water partition coefficient (Wildman–Crippen LogP) is 4.07. The number of nitrogens with zero attached hydrogens (tertiary/aromatic N) is 3. The number of primary amides is 1. The zero-order chi connectivity index (χ0) is 24.8. The first-order valence-corrected chi connectivity index (χ1v) is 15.0. The van der Waals surface area contributed by atoms with Crippen molar-refractivity contribution in [3.63, 3.8) is 0 Å². The van der Waals surface area contributed by atoms with Gasteiger partial charge in [-0.15, -0.1) is 0 Å². The van der Waals surface area contributed by atoms with Gasteiger partial charge in [0, 0.05) is 37.6 Å². The molecule has 1 aliphatic rings. The number of hydrogen-bond acceptors (Lipinski definition) is 6. The van der Waals surface area contributed by atoms with Crippen molar-refractivity contribution in [2.75, 3.05) is 37.8 Å². The number of amides is 1. The van der Waals surface area contributed by atoms with Crippen LogP contribution in [0.1, 0.15) is 44.1 Å². The van der Waals surface area contributed by atoms with Gasteiger partial charge in [0.25, 0.3) is 5.91 Å². The van der Waals surface area contributed by atoms with Gasteiger partial charge in [-0.25, -0.2) is 4.98 Å². The minimum atomic E-state index is -1.97. The Hall–Kier alpha value is -2.36. The van der Waals surface area contributed by atoms with Crippen molar-refractivity contribution < 1.29 is 18.7 Å². The minimum absolute atomic E-state index is 0.000831. The number of carbonyl (C=O) groups excluding carboxylic acids is 1. The first-order chi connectivity index (χ1) is 16.0. The molecular weight excluding hydrogens is 448 g/mol. The molecule has 9 heteroatoms. The zero-order valence-electron chi connectivity index (χ0n) is 21.3. The maximum absolute atomic E-state index is 11.4. The van der Waals surface area contributed by atoms with Crippen LogP contribution in [0.15, 0.2) is 36.8 Å². The molecule has 2 aromatic rings. The molecule has 1 saturated heterocycles. The molecule has 34 heavy (non-hydrogen) atoms. The van der Waals surface area contributed by atoms with Crippen molar-refractivity contribution in [3.05, 3.63) is 42.5 Å². The Bertz CT molecular complexity index is 935. The second kappa shape index (κ2) is 11.4. The molecule has 2 heterocycles. The van der Waals surface area contributed by atoms with Crippen LogP contribution in [0.4, 0.5) is 5.69 Å². The molecule has 1 aromatic carbocycles. The number of hydrogen-bond donors (Lipinski definition) is 1. The summed E-state index contributed by atoms with van der Waals surface area (Å²) in [6.07, 6.45) is 5.05. The molecular formula is C25H40N4O4Si. The number of aromatic nitrogens is 2. The van der Waals surface area contributed by atoms with Crippen molar-refractivity contribution in [1.82, 2.24) is 9.55 Å².